The van der Waals surface area contributed by atoms with Crippen LogP contribution >= 0.6 is 11.8 Å². The van der Waals surface area contributed by atoms with Crippen LogP contribution in [0.2, 0.25) is 0 Å². The first-order chi connectivity index (χ1) is 7.65. The summed E-state index contributed by atoms with van der Waals surface area (Å²) in [4.78, 5) is 2.69. The molecule has 1 saturated carbocycles. The minimum Gasteiger partial charge on any atom is -0.328 e. The molecule has 94 valence electrons. The fraction of sp³-hybridized carbons (Fsp3) is 1.00. The molecule has 0 spiro atoms. The predicted octanol–water partition coefficient (Wildman–Crippen LogP) is 2.47. The van der Waals surface area contributed by atoms with Gasteiger partial charge in [-0.15, -0.1) is 0 Å². The lowest BCUT2D eigenvalue weighted by Gasteiger charge is -2.41. The molecule has 16 heavy (non-hydrogen) atoms. The molecule has 0 aromatic heterocycles. The largest absolute Gasteiger partial charge is 0.328 e. The number of hydrogen-bond acceptors (Lipinski definition) is 3. The number of nitrogens with zero attached hydrogens (tertiary/aromatic N) is 1. The molecule has 0 amide bonds. The molecule has 0 aromatic carbocycles. The fourth-order valence-corrected chi connectivity index (χ4v) is 4.30. The lowest BCUT2D eigenvalue weighted by atomic mass is 9.96. The molecular weight excluding hydrogens is 216 g/mol. The Balaban J connectivity index is 1.92. The Morgan fingerprint density at radius 3 is 2.62 bits per heavy atom. The topological polar surface area (TPSA) is 29.3 Å². The molecule has 1 heterocycles. The van der Waals surface area contributed by atoms with Crippen LogP contribution in [0.25, 0.3) is 0 Å². The molecule has 2 unspecified atom stereocenters. The van der Waals surface area contributed by atoms with Crippen molar-refractivity contribution < 1.29 is 0 Å². The van der Waals surface area contributed by atoms with E-state index < -0.39 is 0 Å². The molecule has 0 radical (unpaired) electrons. The van der Waals surface area contributed by atoms with E-state index >= 15 is 0 Å². The number of nitrogens with two attached hydrogens (primary N) is 1. The monoisotopic (exact) mass is 242 g/mol. The molecule has 0 bridgehead atoms. The molecule has 2 fully saturated rings. The maximum absolute atomic E-state index is 6.03. The summed E-state index contributed by atoms with van der Waals surface area (Å²) in [6, 6.07) is 1.13. The summed E-state index contributed by atoms with van der Waals surface area (Å²) in [5, 5.41) is 0. The second-order valence-electron chi connectivity index (χ2n) is 5.70. The van der Waals surface area contributed by atoms with Gasteiger partial charge in [-0.3, -0.25) is 4.90 Å². The van der Waals surface area contributed by atoms with E-state index in [0.717, 1.165) is 0 Å². The molecule has 1 aliphatic carbocycles. The zero-order valence-electron chi connectivity index (χ0n) is 10.7. The van der Waals surface area contributed by atoms with Crippen LogP contribution in [0.1, 0.15) is 45.4 Å². The summed E-state index contributed by atoms with van der Waals surface area (Å²) < 4.78 is 0.565. The summed E-state index contributed by atoms with van der Waals surface area (Å²) in [6.07, 6.45) is 10.4. The van der Waals surface area contributed by atoms with Gasteiger partial charge < -0.3 is 5.73 Å². The van der Waals surface area contributed by atoms with E-state index in [1.54, 1.807) is 0 Å². The molecule has 3 heteroatoms. The van der Waals surface area contributed by atoms with Crippen molar-refractivity contribution in [3.05, 3.63) is 0 Å². The van der Waals surface area contributed by atoms with Crippen LogP contribution in [-0.2, 0) is 0 Å². The van der Waals surface area contributed by atoms with Crippen LogP contribution in [0.15, 0.2) is 0 Å². The van der Waals surface area contributed by atoms with Crippen LogP contribution < -0.4 is 5.73 Å². The Morgan fingerprint density at radius 1 is 1.38 bits per heavy atom. The summed E-state index contributed by atoms with van der Waals surface area (Å²) >= 11 is 2.10. The summed E-state index contributed by atoms with van der Waals surface area (Å²) in [5.74, 6) is 0. The van der Waals surface area contributed by atoms with Crippen LogP contribution in [0, 0.1) is 0 Å². The van der Waals surface area contributed by atoms with Crippen molar-refractivity contribution in [3.8, 4) is 0 Å². The van der Waals surface area contributed by atoms with Gasteiger partial charge in [0.1, 0.15) is 0 Å². The third-order valence-corrected chi connectivity index (χ3v) is 5.90. The normalized spacial score (nSPS) is 35.4. The quantitative estimate of drug-likeness (QED) is 0.824. The van der Waals surface area contributed by atoms with Gasteiger partial charge >= 0.3 is 0 Å². The van der Waals surface area contributed by atoms with Gasteiger partial charge in [-0.25, -0.2) is 0 Å². The maximum Gasteiger partial charge on any atom is 0.0284 e. The van der Waals surface area contributed by atoms with Crippen molar-refractivity contribution >= 4 is 11.8 Å². The van der Waals surface area contributed by atoms with E-state index in [-0.39, 0.29) is 0 Å². The summed E-state index contributed by atoms with van der Waals surface area (Å²) in [7, 11) is 0. The van der Waals surface area contributed by atoms with E-state index in [4.69, 9.17) is 5.73 Å². The Morgan fingerprint density at radius 2 is 2.06 bits per heavy atom. The molecule has 2 atom stereocenters. The standard InChI is InChI=1S/C13H26N2S/c1-11-9-12(14)5-8-15(11)10-13(16-2)6-3-4-7-13/h11-12H,3-10,14H2,1-2H3. The number of likely N-dealkylation sites (tertiary alicyclic amines) is 1. The van der Waals surface area contributed by atoms with Crippen LogP contribution in [0.3, 0.4) is 0 Å². The molecule has 2 nitrogen and oxygen atoms in total. The van der Waals surface area contributed by atoms with Gasteiger partial charge in [-0.2, -0.15) is 11.8 Å². The van der Waals surface area contributed by atoms with E-state index in [0.29, 0.717) is 16.8 Å². The Kier molecular flexibility index (Phi) is 4.20. The second-order valence-corrected chi connectivity index (χ2v) is 6.97. The molecule has 0 aromatic rings. The zero-order chi connectivity index (χ0) is 11.6. The second kappa shape index (κ2) is 5.28. The summed E-state index contributed by atoms with van der Waals surface area (Å²) in [5.41, 5.74) is 6.03. The Bertz CT molecular complexity index is 226. The van der Waals surface area contributed by atoms with Crippen molar-refractivity contribution in [2.75, 3.05) is 19.3 Å². The van der Waals surface area contributed by atoms with Crippen LogP contribution in [-0.4, -0.2) is 41.1 Å². The minimum atomic E-state index is 0.444. The number of hydrogen-bond donors (Lipinski definition) is 1. The number of thioether (sulfide) groups is 1. The molecule has 2 aliphatic rings. The number of rotatable bonds is 3. The van der Waals surface area contributed by atoms with E-state index in [2.05, 4.69) is 29.8 Å². The molecule has 1 saturated heterocycles. The Hall–Kier alpha value is 0.270. The number of piperidine rings is 1. The smallest absolute Gasteiger partial charge is 0.0284 e. The summed E-state index contributed by atoms with van der Waals surface area (Å²) in [6.45, 7) is 4.86. The highest BCUT2D eigenvalue weighted by molar-refractivity contribution is 8.00. The van der Waals surface area contributed by atoms with Crippen molar-refractivity contribution in [3.63, 3.8) is 0 Å². The maximum atomic E-state index is 6.03. The van der Waals surface area contributed by atoms with Crippen molar-refractivity contribution in [1.82, 2.24) is 4.90 Å². The van der Waals surface area contributed by atoms with Gasteiger partial charge in [0.2, 0.25) is 0 Å². The molecule has 2 rings (SSSR count). The van der Waals surface area contributed by atoms with Crippen molar-refractivity contribution in [1.29, 1.82) is 0 Å². The van der Waals surface area contributed by atoms with Gasteiger partial charge in [0, 0.05) is 23.4 Å². The van der Waals surface area contributed by atoms with E-state index in [1.165, 1.54) is 51.6 Å². The van der Waals surface area contributed by atoms with E-state index in [1.807, 2.05) is 0 Å². The lowest BCUT2D eigenvalue weighted by molar-refractivity contribution is 0.134. The highest BCUT2D eigenvalue weighted by atomic mass is 32.2. The molecule has 1 aliphatic heterocycles. The van der Waals surface area contributed by atoms with E-state index in [9.17, 15) is 0 Å². The van der Waals surface area contributed by atoms with Gasteiger partial charge in [-0.05, 0) is 45.4 Å². The first kappa shape index (κ1) is 12.7. The first-order valence-corrected chi connectivity index (χ1v) is 7.92. The van der Waals surface area contributed by atoms with Gasteiger partial charge in [-0.1, -0.05) is 12.8 Å². The highest BCUT2D eigenvalue weighted by Crippen LogP contribution is 2.41. The molecular formula is C13H26N2S. The molecule has 2 N–H and O–H groups in total. The third kappa shape index (κ3) is 2.74. The third-order valence-electron chi connectivity index (χ3n) is 4.49. The van der Waals surface area contributed by atoms with Gasteiger partial charge in [0.15, 0.2) is 0 Å². The SMILES string of the molecule is CSC1(CN2CCC(N)CC2C)CCCC1. The Labute approximate surface area is 104 Å². The van der Waals surface area contributed by atoms with Crippen LogP contribution in [0.5, 0.6) is 0 Å². The highest BCUT2D eigenvalue weighted by Gasteiger charge is 2.36. The van der Waals surface area contributed by atoms with Gasteiger partial charge in [0.05, 0.1) is 0 Å². The minimum absolute atomic E-state index is 0.444. The van der Waals surface area contributed by atoms with Crippen LogP contribution in [0.4, 0.5) is 0 Å². The fourth-order valence-electron chi connectivity index (χ4n) is 3.31. The predicted molar refractivity (Wildman–Crippen MR) is 73.0 cm³/mol. The van der Waals surface area contributed by atoms with Crippen molar-refractivity contribution in [2.45, 2.75) is 62.3 Å². The lowest BCUT2D eigenvalue weighted by Crippen LogP contribution is -2.50. The van der Waals surface area contributed by atoms with Gasteiger partial charge in [0.25, 0.3) is 0 Å². The van der Waals surface area contributed by atoms with Crippen molar-refractivity contribution in [2.24, 2.45) is 5.73 Å². The average Bonchev–Trinajstić information content (AvgIpc) is 2.72. The average molecular weight is 242 g/mol. The first-order valence-electron chi connectivity index (χ1n) is 6.70. The zero-order valence-corrected chi connectivity index (χ0v) is 11.6.